The highest BCUT2D eigenvalue weighted by Gasteiger charge is 2.42. The molecular weight excluding hydrogens is 507 g/mol. The molecule has 1 aromatic heterocycles. The molecule has 4 heterocycles. The summed E-state index contributed by atoms with van der Waals surface area (Å²) in [6.07, 6.45) is 2.62. The van der Waals surface area contributed by atoms with Crippen LogP contribution in [0.2, 0.25) is 0 Å². The molecule has 0 aliphatic carbocycles. The van der Waals surface area contributed by atoms with Gasteiger partial charge in [-0.05, 0) is 23.8 Å². The SMILES string of the molecule is O=C1CCN(c2ccc3c(ccn3C3COC4(CCN(C(=O)OCc5ccccc5)CC4)OC3)c2F)C(=O)N1. The van der Waals surface area contributed by atoms with E-state index in [4.69, 9.17) is 14.2 Å². The summed E-state index contributed by atoms with van der Waals surface area (Å²) in [7, 11) is 0. The zero-order valence-electron chi connectivity index (χ0n) is 21.3. The molecule has 2 aromatic carbocycles. The van der Waals surface area contributed by atoms with Crippen molar-refractivity contribution in [2.24, 2.45) is 0 Å². The molecule has 39 heavy (non-hydrogen) atoms. The summed E-state index contributed by atoms with van der Waals surface area (Å²) in [6, 6.07) is 13.8. The number of aromatic nitrogens is 1. The van der Waals surface area contributed by atoms with Gasteiger partial charge in [0.15, 0.2) is 11.6 Å². The second kappa shape index (κ2) is 10.3. The molecule has 0 saturated carbocycles. The Bertz CT molecular complexity index is 1390. The summed E-state index contributed by atoms with van der Waals surface area (Å²) in [4.78, 5) is 39.1. The summed E-state index contributed by atoms with van der Waals surface area (Å²) >= 11 is 0. The first-order valence-corrected chi connectivity index (χ1v) is 13.1. The number of nitrogens with zero attached hydrogens (tertiary/aromatic N) is 3. The second-order valence-corrected chi connectivity index (χ2v) is 10.0. The predicted octanol–water partition coefficient (Wildman–Crippen LogP) is 3.94. The van der Waals surface area contributed by atoms with Gasteiger partial charge in [0.05, 0.1) is 30.5 Å². The van der Waals surface area contributed by atoms with Gasteiger partial charge >= 0.3 is 12.1 Å². The van der Waals surface area contributed by atoms with Crippen molar-refractivity contribution in [3.05, 3.63) is 66.1 Å². The molecule has 3 saturated heterocycles. The number of urea groups is 1. The van der Waals surface area contributed by atoms with Crippen LogP contribution in [0.1, 0.15) is 30.9 Å². The molecule has 3 aromatic rings. The molecule has 11 heteroatoms. The normalized spacial score (nSPS) is 19.9. The Morgan fingerprint density at radius 3 is 2.49 bits per heavy atom. The maximum Gasteiger partial charge on any atom is 0.410 e. The Labute approximate surface area is 224 Å². The standard InChI is InChI=1S/C28H29FN4O6/c29-25-21-8-12-32(22(21)6-7-23(25)33-13-9-24(34)30-26(33)35)20-17-38-28(39-18-20)10-14-31(15-11-28)27(36)37-16-19-4-2-1-3-5-19/h1-8,12,20H,9-11,13-18H2,(H,30,34,35). The number of nitrogens with one attached hydrogen (secondary N) is 1. The number of piperidine rings is 1. The van der Waals surface area contributed by atoms with Crippen molar-refractivity contribution in [3.8, 4) is 0 Å². The lowest BCUT2D eigenvalue weighted by atomic mass is 10.0. The molecule has 0 unspecified atom stereocenters. The third-order valence-corrected chi connectivity index (χ3v) is 7.62. The largest absolute Gasteiger partial charge is 0.445 e. The first-order chi connectivity index (χ1) is 18.9. The van der Waals surface area contributed by atoms with Gasteiger partial charge in [0, 0.05) is 50.5 Å². The van der Waals surface area contributed by atoms with Crippen molar-refractivity contribution >= 4 is 34.6 Å². The fourth-order valence-corrected chi connectivity index (χ4v) is 5.39. The summed E-state index contributed by atoms with van der Waals surface area (Å²) in [5, 5.41) is 2.60. The van der Waals surface area contributed by atoms with Crippen molar-refractivity contribution in [3.63, 3.8) is 0 Å². The van der Waals surface area contributed by atoms with Gasteiger partial charge in [0.25, 0.3) is 0 Å². The molecule has 3 aliphatic heterocycles. The van der Waals surface area contributed by atoms with Crippen LogP contribution in [0.4, 0.5) is 19.7 Å². The lowest BCUT2D eigenvalue weighted by Crippen LogP contribution is -2.53. The van der Waals surface area contributed by atoms with Gasteiger partial charge in [-0.15, -0.1) is 0 Å². The van der Waals surface area contributed by atoms with Gasteiger partial charge in [-0.3, -0.25) is 15.0 Å². The molecular formula is C28H29FN4O6. The Morgan fingerprint density at radius 1 is 1.03 bits per heavy atom. The van der Waals surface area contributed by atoms with Crippen LogP contribution in [0.5, 0.6) is 0 Å². The van der Waals surface area contributed by atoms with Crippen molar-refractivity contribution < 1.29 is 33.0 Å². The zero-order valence-corrected chi connectivity index (χ0v) is 21.3. The number of benzene rings is 2. The fraction of sp³-hybridized carbons (Fsp3) is 0.393. The molecule has 0 radical (unpaired) electrons. The Hall–Kier alpha value is -3.96. The minimum atomic E-state index is -0.757. The monoisotopic (exact) mass is 536 g/mol. The van der Waals surface area contributed by atoms with Gasteiger partial charge in [0.2, 0.25) is 5.91 Å². The van der Waals surface area contributed by atoms with E-state index in [-0.39, 0.29) is 43.3 Å². The number of fused-ring (bicyclic) bond motifs is 1. The molecule has 6 rings (SSSR count). The number of halogens is 1. The predicted molar refractivity (Wildman–Crippen MR) is 139 cm³/mol. The molecule has 4 amide bonds. The molecule has 1 N–H and O–H groups in total. The minimum absolute atomic E-state index is 0.120. The lowest BCUT2D eigenvalue weighted by Gasteiger charge is -2.45. The summed E-state index contributed by atoms with van der Waals surface area (Å²) in [5.41, 5.74) is 1.73. The van der Waals surface area contributed by atoms with Crippen LogP contribution in [0.25, 0.3) is 10.9 Å². The Kier molecular flexibility index (Phi) is 6.69. The van der Waals surface area contributed by atoms with Gasteiger partial charge in [0.1, 0.15) is 6.61 Å². The number of imide groups is 1. The summed E-state index contributed by atoms with van der Waals surface area (Å²) < 4.78 is 35.2. The smallest absolute Gasteiger partial charge is 0.410 e. The van der Waals surface area contributed by atoms with Crippen LogP contribution >= 0.6 is 0 Å². The fourth-order valence-electron chi connectivity index (χ4n) is 5.39. The van der Waals surface area contributed by atoms with Crippen LogP contribution in [0.3, 0.4) is 0 Å². The topological polar surface area (TPSA) is 102 Å². The van der Waals surface area contributed by atoms with Crippen LogP contribution < -0.4 is 10.2 Å². The highest BCUT2D eigenvalue weighted by Crippen LogP contribution is 2.36. The number of hydrogen-bond acceptors (Lipinski definition) is 6. The Balaban J connectivity index is 1.06. The van der Waals surface area contributed by atoms with E-state index >= 15 is 4.39 Å². The van der Waals surface area contributed by atoms with Crippen molar-refractivity contribution in [1.29, 1.82) is 0 Å². The number of rotatable bonds is 4. The van der Waals surface area contributed by atoms with Crippen molar-refractivity contribution in [2.75, 3.05) is 37.7 Å². The van der Waals surface area contributed by atoms with Crippen molar-refractivity contribution in [2.45, 2.75) is 37.7 Å². The lowest BCUT2D eigenvalue weighted by molar-refractivity contribution is -0.293. The molecule has 0 atom stereocenters. The van der Waals surface area contributed by atoms with E-state index < -0.39 is 17.6 Å². The number of carbonyl (C=O) groups is 3. The van der Waals surface area contributed by atoms with Gasteiger partial charge < -0.3 is 23.7 Å². The van der Waals surface area contributed by atoms with Crippen LogP contribution in [-0.4, -0.2) is 66.1 Å². The van der Waals surface area contributed by atoms with Gasteiger partial charge in [-0.2, -0.15) is 0 Å². The molecule has 10 nitrogen and oxygen atoms in total. The van der Waals surface area contributed by atoms with E-state index in [0.29, 0.717) is 50.0 Å². The van der Waals surface area contributed by atoms with Gasteiger partial charge in [-0.25, -0.2) is 14.0 Å². The summed E-state index contributed by atoms with van der Waals surface area (Å²) in [6.45, 7) is 2.05. The zero-order chi connectivity index (χ0) is 27.0. The number of hydrogen-bond donors (Lipinski definition) is 1. The van der Waals surface area contributed by atoms with Crippen molar-refractivity contribution in [1.82, 2.24) is 14.8 Å². The molecule has 3 fully saturated rings. The van der Waals surface area contributed by atoms with E-state index in [0.717, 1.165) is 5.56 Å². The van der Waals surface area contributed by atoms with E-state index in [1.54, 1.807) is 29.3 Å². The third kappa shape index (κ3) is 4.95. The Morgan fingerprint density at radius 2 is 1.77 bits per heavy atom. The molecule has 0 bridgehead atoms. The minimum Gasteiger partial charge on any atom is -0.445 e. The third-order valence-electron chi connectivity index (χ3n) is 7.62. The maximum absolute atomic E-state index is 15.4. The maximum atomic E-state index is 15.4. The van der Waals surface area contributed by atoms with Crippen LogP contribution in [0.15, 0.2) is 54.7 Å². The first kappa shape index (κ1) is 25.3. The number of amides is 4. The van der Waals surface area contributed by atoms with E-state index in [1.807, 2.05) is 34.9 Å². The van der Waals surface area contributed by atoms with E-state index in [1.165, 1.54) is 4.90 Å². The number of anilines is 1. The summed E-state index contributed by atoms with van der Waals surface area (Å²) in [5.74, 6) is -1.64. The first-order valence-electron chi connectivity index (χ1n) is 13.1. The average molecular weight is 537 g/mol. The second-order valence-electron chi connectivity index (χ2n) is 10.0. The number of ether oxygens (including phenoxy) is 3. The highest BCUT2D eigenvalue weighted by molar-refractivity contribution is 6.06. The van der Waals surface area contributed by atoms with E-state index in [9.17, 15) is 14.4 Å². The molecule has 204 valence electrons. The number of carbonyl (C=O) groups excluding carboxylic acids is 3. The molecule has 1 spiro atoms. The van der Waals surface area contributed by atoms with E-state index in [2.05, 4.69) is 5.32 Å². The highest BCUT2D eigenvalue weighted by atomic mass is 19.1. The van der Waals surface area contributed by atoms with Crippen LogP contribution in [-0.2, 0) is 25.6 Å². The quantitative estimate of drug-likeness (QED) is 0.542. The van der Waals surface area contributed by atoms with Crippen LogP contribution in [0, 0.1) is 5.82 Å². The molecule has 3 aliphatic rings. The van der Waals surface area contributed by atoms with Gasteiger partial charge in [-0.1, -0.05) is 30.3 Å². The average Bonchev–Trinajstić information content (AvgIpc) is 3.39. The number of likely N-dealkylation sites (tertiary alicyclic amines) is 1.